The molecule has 1 N–H and O–H groups in total. The van der Waals surface area contributed by atoms with Crippen LogP contribution >= 0.6 is 34.5 Å². The second-order valence-corrected chi connectivity index (χ2v) is 17.9. The number of aliphatic hydroxyl groups is 1. The number of rotatable bonds is 8. The van der Waals surface area contributed by atoms with E-state index >= 15 is 9.59 Å². The van der Waals surface area contributed by atoms with Gasteiger partial charge in [-0.05, 0) is 80.0 Å². The van der Waals surface area contributed by atoms with Crippen LogP contribution in [-0.4, -0.2) is 68.8 Å². The zero-order chi connectivity index (χ0) is 43.4. The molecule has 2 aliphatic heterocycles. The maximum atomic E-state index is 15.3. The fourth-order valence-corrected chi connectivity index (χ4v) is 11.5. The van der Waals surface area contributed by atoms with Crippen LogP contribution in [0.4, 0.5) is 24.8 Å². The van der Waals surface area contributed by atoms with Crippen LogP contribution in [0.3, 0.4) is 0 Å². The first-order valence-electron chi connectivity index (χ1n) is 19.5. The van der Waals surface area contributed by atoms with Gasteiger partial charge in [0.05, 0.1) is 39.7 Å². The zero-order valence-corrected chi connectivity index (χ0v) is 35.4. The summed E-state index contributed by atoms with van der Waals surface area (Å²) in [6.07, 6.45) is -2.89. The lowest BCUT2D eigenvalue weighted by atomic mass is 9.51. The molecule has 1 saturated carbocycles. The third-order valence-corrected chi connectivity index (χ3v) is 14.6. The van der Waals surface area contributed by atoms with E-state index in [1.54, 1.807) is 44.3 Å². The van der Waals surface area contributed by atoms with E-state index in [9.17, 15) is 27.9 Å². The lowest BCUT2D eigenvalue weighted by Crippen LogP contribution is -2.49. The molecule has 12 nitrogen and oxygen atoms in total. The van der Waals surface area contributed by atoms with Gasteiger partial charge < -0.3 is 9.84 Å². The molecule has 9 rings (SSSR count). The maximum absolute atomic E-state index is 15.3. The third kappa shape index (κ3) is 6.19. The van der Waals surface area contributed by atoms with Crippen LogP contribution in [-0.2, 0) is 32.4 Å². The summed E-state index contributed by atoms with van der Waals surface area (Å²) in [6, 6.07) is 16.1. The molecule has 0 spiro atoms. The van der Waals surface area contributed by atoms with Crippen LogP contribution in [0.1, 0.15) is 42.5 Å². The SMILES string of the molecule is Cc1c(-c2cc(N3C(=O)[C@@H]4C[C@@H]5C(=CC[C@@H]6C(=O)N(N(C)c7nc(C(F)(F)F)ccc7Cl)C(=O)[C@@H]65)[C@H](c5ccccc5OCCO)[C@]4(C)C3=O)n(C)n2)sc2ccc(Cl)cc12. The highest BCUT2D eigenvalue weighted by atomic mass is 35.5. The molecule has 6 atom stereocenters. The van der Waals surface area contributed by atoms with Gasteiger partial charge in [-0.1, -0.05) is 53.1 Å². The summed E-state index contributed by atoms with van der Waals surface area (Å²) >= 11 is 14.2. The number of aliphatic hydroxyl groups excluding tert-OH is 1. The van der Waals surface area contributed by atoms with Crippen molar-refractivity contribution in [3.8, 4) is 16.3 Å². The van der Waals surface area contributed by atoms with Crippen LogP contribution in [0.25, 0.3) is 20.7 Å². The van der Waals surface area contributed by atoms with E-state index in [0.717, 1.165) is 36.6 Å². The van der Waals surface area contributed by atoms with Gasteiger partial charge in [0.25, 0.3) is 11.8 Å². The highest BCUT2D eigenvalue weighted by Crippen LogP contribution is 2.64. The van der Waals surface area contributed by atoms with Gasteiger partial charge in [0.1, 0.15) is 29.6 Å². The van der Waals surface area contributed by atoms with Crippen molar-refractivity contribution in [3.05, 3.63) is 99.2 Å². The van der Waals surface area contributed by atoms with Crippen molar-refractivity contribution in [1.29, 1.82) is 0 Å². The van der Waals surface area contributed by atoms with Gasteiger partial charge >= 0.3 is 6.18 Å². The number of pyridine rings is 1. The Kier molecular flexibility index (Phi) is 9.88. The van der Waals surface area contributed by atoms with Gasteiger partial charge in [-0.3, -0.25) is 28.9 Å². The number of anilines is 2. The Balaban J connectivity index is 1.14. The Hall–Kier alpha value is -5.29. The standard InChI is InChI=1S/C43H37Cl2F3N6O6S/c1-20-25-17-21(44)9-13-31(25)61-36(20)29-19-33(51(3)50-29)53-39(57)27-18-26-22(35(42(27,2)41(53)59)23-7-5-6-8-30(23)60-16-15-55)10-11-24-34(26)40(58)54(38(24)56)52(4)37-28(45)12-14-32(49-37)43(46,47)48/h5-10,12-14,17,19,24,26-27,34-35,55H,11,15-16,18H2,1-4H3/t24-,26+,27-,34-,35+,42+/m0/s1. The summed E-state index contributed by atoms with van der Waals surface area (Å²) < 4.78 is 49.7. The summed E-state index contributed by atoms with van der Waals surface area (Å²) in [5, 5.41) is 17.6. The van der Waals surface area contributed by atoms with Gasteiger partial charge in [-0.2, -0.15) is 23.3 Å². The zero-order valence-electron chi connectivity index (χ0n) is 33.0. The van der Waals surface area contributed by atoms with Crippen LogP contribution in [0.5, 0.6) is 5.75 Å². The average Bonchev–Trinajstić information content (AvgIpc) is 3.89. The van der Waals surface area contributed by atoms with Crippen molar-refractivity contribution < 1.29 is 42.2 Å². The summed E-state index contributed by atoms with van der Waals surface area (Å²) in [7, 11) is 2.91. The largest absolute Gasteiger partial charge is 0.491 e. The monoisotopic (exact) mass is 892 g/mol. The second-order valence-electron chi connectivity index (χ2n) is 16.0. The number of hydrazine groups is 1. The van der Waals surface area contributed by atoms with E-state index in [4.69, 9.17) is 33.0 Å². The topological polar surface area (TPSA) is 138 Å². The number of alkyl halides is 3. The number of ether oxygens (including phenoxy) is 1. The Labute approximate surface area is 361 Å². The molecule has 18 heteroatoms. The number of fused-ring (bicyclic) bond motifs is 5. The number of thiophene rings is 1. The molecule has 4 amide bonds. The lowest BCUT2D eigenvalue weighted by molar-refractivity contribution is -0.141. The summed E-state index contributed by atoms with van der Waals surface area (Å²) in [5.41, 5.74) is 0.0248. The minimum Gasteiger partial charge on any atom is -0.491 e. The van der Waals surface area contributed by atoms with Gasteiger partial charge in [0.2, 0.25) is 11.8 Å². The number of nitrogens with zero attached hydrogens (tertiary/aromatic N) is 6. The number of carbonyl (C=O) groups is 4. The van der Waals surface area contributed by atoms with Gasteiger partial charge in [-0.25, -0.2) is 9.88 Å². The van der Waals surface area contributed by atoms with Gasteiger partial charge in [-0.15, -0.1) is 11.3 Å². The number of aromatic nitrogens is 3. The molecule has 3 aromatic heterocycles. The smallest absolute Gasteiger partial charge is 0.433 e. The second kappa shape index (κ2) is 14.7. The normalized spacial score (nSPS) is 25.0. The summed E-state index contributed by atoms with van der Waals surface area (Å²) in [5.74, 6) is -6.73. The van der Waals surface area contributed by atoms with E-state index in [1.165, 1.54) is 28.0 Å². The maximum Gasteiger partial charge on any atom is 0.433 e. The molecule has 5 heterocycles. The van der Waals surface area contributed by atoms with E-state index in [0.29, 0.717) is 33.7 Å². The van der Waals surface area contributed by atoms with E-state index in [-0.39, 0.29) is 36.9 Å². The number of hydrogen-bond donors (Lipinski definition) is 1. The molecule has 316 valence electrons. The molecular formula is C43H37Cl2F3N6O6S. The van der Waals surface area contributed by atoms with Crippen molar-refractivity contribution in [2.24, 2.45) is 36.1 Å². The fraction of sp³-hybridized carbons (Fsp3) is 0.349. The molecule has 2 aliphatic carbocycles. The number of aryl methyl sites for hydroxylation is 2. The van der Waals surface area contributed by atoms with Crippen LogP contribution in [0, 0.1) is 36.0 Å². The Bertz CT molecular complexity index is 2740. The first-order valence-corrected chi connectivity index (χ1v) is 21.0. The summed E-state index contributed by atoms with van der Waals surface area (Å²) in [6.45, 7) is 3.36. The molecule has 61 heavy (non-hydrogen) atoms. The highest BCUT2D eigenvalue weighted by Gasteiger charge is 2.68. The van der Waals surface area contributed by atoms with Gasteiger partial charge in [0, 0.05) is 41.4 Å². The number of amides is 4. The first kappa shape index (κ1) is 41.1. The Morgan fingerprint density at radius 3 is 2.51 bits per heavy atom. The number of halogens is 5. The van der Waals surface area contributed by atoms with E-state index in [1.807, 2.05) is 31.2 Å². The Morgan fingerprint density at radius 2 is 1.77 bits per heavy atom. The van der Waals surface area contributed by atoms with Crippen molar-refractivity contribution in [2.75, 3.05) is 30.2 Å². The molecule has 0 unspecified atom stereocenters. The molecule has 3 fully saturated rings. The third-order valence-electron chi connectivity index (χ3n) is 12.8. The van der Waals surface area contributed by atoms with Crippen LogP contribution < -0.4 is 14.6 Å². The van der Waals surface area contributed by atoms with E-state index in [2.05, 4.69) is 4.98 Å². The van der Waals surface area contributed by atoms with Crippen molar-refractivity contribution in [2.45, 2.75) is 38.8 Å². The highest BCUT2D eigenvalue weighted by molar-refractivity contribution is 7.22. The lowest BCUT2D eigenvalue weighted by Gasteiger charge is -2.49. The fourth-order valence-electron chi connectivity index (χ4n) is 9.99. The van der Waals surface area contributed by atoms with E-state index < -0.39 is 76.3 Å². The van der Waals surface area contributed by atoms with Crippen LogP contribution in [0.15, 0.2) is 72.3 Å². The number of carbonyl (C=O) groups excluding carboxylic acids is 4. The quantitative estimate of drug-likeness (QED) is 0.121. The summed E-state index contributed by atoms with van der Waals surface area (Å²) in [4.78, 5) is 64.9. The van der Waals surface area contributed by atoms with Gasteiger partial charge in [0.15, 0.2) is 5.82 Å². The molecule has 2 saturated heterocycles. The number of imide groups is 2. The molecule has 5 aromatic rings. The van der Waals surface area contributed by atoms with Crippen molar-refractivity contribution in [3.63, 3.8) is 0 Å². The number of benzene rings is 2. The first-order chi connectivity index (χ1) is 29.0. The predicted octanol–water partition coefficient (Wildman–Crippen LogP) is 7.98. The Morgan fingerprint density at radius 1 is 1.02 bits per heavy atom. The molecular weight excluding hydrogens is 856 g/mol. The predicted molar refractivity (Wildman–Crippen MR) is 222 cm³/mol. The minimum absolute atomic E-state index is 0.0146. The van der Waals surface area contributed by atoms with Crippen molar-refractivity contribution >= 4 is 79.9 Å². The van der Waals surface area contributed by atoms with Crippen LogP contribution in [0.2, 0.25) is 10.0 Å². The average molecular weight is 894 g/mol. The molecule has 0 radical (unpaired) electrons. The number of para-hydroxylation sites is 1. The molecule has 4 aliphatic rings. The van der Waals surface area contributed by atoms with Crippen molar-refractivity contribution in [1.82, 2.24) is 19.8 Å². The number of allylic oxidation sites excluding steroid dienone is 2. The number of hydrogen-bond acceptors (Lipinski definition) is 10. The molecule has 2 aromatic carbocycles. The minimum atomic E-state index is -4.82. The molecule has 0 bridgehead atoms.